The molecule has 0 aromatic carbocycles. The van der Waals surface area contributed by atoms with Crippen molar-refractivity contribution in [2.24, 2.45) is 0 Å². The normalized spacial score (nSPS) is 11.6. The highest BCUT2D eigenvalue weighted by Gasteiger charge is 2.46. The zero-order valence-electron chi connectivity index (χ0n) is 6.75. The minimum Gasteiger partial charge on any atom is -0.476 e. The van der Waals surface area contributed by atoms with Gasteiger partial charge in [-0.3, -0.25) is 0 Å². The molecule has 4 nitrogen and oxygen atoms in total. The molecule has 0 atom stereocenters. The third-order valence-corrected chi connectivity index (χ3v) is 1.45. The lowest BCUT2D eigenvalue weighted by atomic mass is 10.3. The Morgan fingerprint density at radius 3 is 2.77 bits per heavy atom. The number of aromatic nitrogens is 1. The van der Waals surface area contributed by atoms with Gasteiger partial charge in [0.1, 0.15) is 6.26 Å². The van der Waals surface area contributed by atoms with Gasteiger partial charge in [-0.25, -0.2) is 9.78 Å². The molecular weight excluding hydrogens is 184 g/mol. The Morgan fingerprint density at radius 1 is 1.77 bits per heavy atom. The number of carboxylic acid groups (broad SMARTS) is 1. The number of hydrogen-bond donors (Lipinski definition) is 1. The van der Waals surface area contributed by atoms with Crippen molar-refractivity contribution in [3.8, 4) is 0 Å². The van der Waals surface area contributed by atoms with Gasteiger partial charge in [0, 0.05) is 0 Å². The number of nitrogens with zero attached hydrogens (tertiary/aromatic N) is 1. The number of carbonyl (C=O) groups is 1. The number of aliphatic carboxylic acids is 1. The van der Waals surface area contributed by atoms with Crippen molar-refractivity contribution in [3.63, 3.8) is 0 Å². The lowest BCUT2D eigenvalue weighted by Crippen LogP contribution is -2.25. The molecule has 1 heterocycles. The summed E-state index contributed by atoms with van der Waals surface area (Å²) in [5, 5.41) is 8.13. The molecule has 13 heavy (non-hydrogen) atoms. The third-order valence-electron chi connectivity index (χ3n) is 1.45. The van der Waals surface area contributed by atoms with Crippen molar-refractivity contribution < 1.29 is 23.1 Å². The summed E-state index contributed by atoms with van der Waals surface area (Å²) in [6, 6.07) is 0. The van der Waals surface area contributed by atoms with Gasteiger partial charge >= 0.3 is 11.9 Å². The molecule has 0 aliphatic rings. The number of aryl methyl sites for hydroxylation is 1. The van der Waals surface area contributed by atoms with Crippen LogP contribution in [0, 0.1) is 0 Å². The maximum absolute atomic E-state index is 12.7. The summed E-state index contributed by atoms with van der Waals surface area (Å²) < 4.78 is 29.7. The summed E-state index contributed by atoms with van der Waals surface area (Å²) in [5.41, 5.74) is 0.302. The van der Waals surface area contributed by atoms with Crippen molar-refractivity contribution in [1.82, 2.24) is 4.98 Å². The molecular formula is C7H7F2NO3. The monoisotopic (exact) mass is 191 g/mol. The van der Waals surface area contributed by atoms with Gasteiger partial charge in [0.2, 0.25) is 0 Å². The van der Waals surface area contributed by atoms with Crippen LogP contribution in [0.5, 0.6) is 0 Å². The fourth-order valence-corrected chi connectivity index (χ4v) is 0.705. The second kappa shape index (κ2) is 3.12. The van der Waals surface area contributed by atoms with Crippen LogP contribution >= 0.6 is 0 Å². The highest BCUT2D eigenvalue weighted by Crippen LogP contribution is 2.27. The number of hydrogen-bond acceptors (Lipinski definition) is 3. The molecule has 1 rings (SSSR count). The van der Waals surface area contributed by atoms with Crippen LogP contribution in [0.25, 0.3) is 0 Å². The molecule has 0 saturated carbocycles. The van der Waals surface area contributed by atoms with Crippen molar-refractivity contribution in [1.29, 1.82) is 0 Å². The molecule has 1 aromatic rings. The van der Waals surface area contributed by atoms with E-state index in [1.165, 1.54) is 0 Å². The van der Waals surface area contributed by atoms with E-state index in [0.717, 1.165) is 6.26 Å². The topological polar surface area (TPSA) is 63.3 Å². The molecule has 1 N–H and O–H groups in total. The Bertz CT molecular complexity index is 321. The summed E-state index contributed by atoms with van der Waals surface area (Å²) in [5.74, 6) is -7.39. The fourth-order valence-electron chi connectivity index (χ4n) is 0.705. The minimum atomic E-state index is -4.05. The van der Waals surface area contributed by atoms with E-state index >= 15 is 0 Å². The van der Waals surface area contributed by atoms with E-state index in [1.54, 1.807) is 6.92 Å². The standard InChI is InChI=1S/C7H7F2NO3/c1-2-4-3-13-5(10-4)7(8,9)6(11)12/h3H,2H2,1H3,(H,11,12). The SMILES string of the molecule is CCc1coc(C(F)(F)C(=O)O)n1. The predicted molar refractivity (Wildman–Crippen MR) is 37.4 cm³/mol. The fraction of sp³-hybridized carbons (Fsp3) is 0.429. The Kier molecular flexibility index (Phi) is 2.31. The summed E-state index contributed by atoms with van der Waals surface area (Å²) in [4.78, 5) is 13.4. The van der Waals surface area contributed by atoms with Crippen LogP contribution < -0.4 is 0 Å². The van der Waals surface area contributed by atoms with Crippen LogP contribution in [0.1, 0.15) is 18.5 Å². The van der Waals surface area contributed by atoms with Crippen molar-refractivity contribution in [2.75, 3.05) is 0 Å². The van der Waals surface area contributed by atoms with E-state index in [9.17, 15) is 13.6 Å². The number of halogens is 2. The van der Waals surface area contributed by atoms with E-state index < -0.39 is 17.8 Å². The molecule has 0 aliphatic heterocycles. The van der Waals surface area contributed by atoms with Gasteiger partial charge in [-0.05, 0) is 6.42 Å². The Hall–Kier alpha value is -1.46. The first-order valence-corrected chi connectivity index (χ1v) is 3.54. The van der Waals surface area contributed by atoms with E-state index in [4.69, 9.17) is 5.11 Å². The highest BCUT2D eigenvalue weighted by molar-refractivity contribution is 5.75. The molecule has 0 saturated heterocycles. The van der Waals surface area contributed by atoms with Gasteiger partial charge in [-0.2, -0.15) is 8.78 Å². The summed E-state index contributed by atoms with van der Waals surface area (Å²) in [7, 11) is 0. The molecule has 1 aromatic heterocycles. The average molecular weight is 191 g/mol. The van der Waals surface area contributed by atoms with Crippen molar-refractivity contribution >= 4 is 5.97 Å². The van der Waals surface area contributed by atoms with E-state index in [-0.39, 0.29) is 0 Å². The minimum absolute atomic E-state index is 0.302. The molecule has 0 fully saturated rings. The quantitative estimate of drug-likeness (QED) is 0.784. The number of rotatable bonds is 3. The van der Waals surface area contributed by atoms with Crippen molar-refractivity contribution in [3.05, 3.63) is 17.8 Å². The van der Waals surface area contributed by atoms with E-state index in [2.05, 4.69) is 9.40 Å². The van der Waals surface area contributed by atoms with Crippen LogP contribution in [-0.2, 0) is 17.1 Å². The second-order valence-corrected chi connectivity index (χ2v) is 2.38. The Labute approximate surface area is 72.2 Å². The molecule has 0 bridgehead atoms. The molecule has 0 aliphatic carbocycles. The maximum Gasteiger partial charge on any atom is 0.416 e. The van der Waals surface area contributed by atoms with Gasteiger partial charge in [0.25, 0.3) is 5.89 Å². The van der Waals surface area contributed by atoms with Crippen LogP contribution in [-0.4, -0.2) is 16.1 Å². The zero-order valence-corrected chi connectivity index (χ0v) is 6.75. The zero-order chi connectivity index (χ0) is 10.1. The summed E-state index contributed by atoms with van der Waals surface area (Å²) in [6.07, 6.45) is 1.44. The first kappa shape index (κ1) is 9.63. The maximum atomic E-state index is 12.7. The predicted octanol–water partition coefficient (Wildman–Crippen LogP) is 1.41. The van der Waals surface area contributed by atoms with E-state index in [1.807, 2.05) is 0 Å². The Balaban J connectivity index is 3.00. The van der Waals surface area contributed by atoms with Crippen LogP contribution in [0.15, 0.2) is 10.7 Å². The number of alkyl halides is 2. The van der Waals surface area contributed by atoms with Gasteiger partial charge in [-0.1, -0.05) is 6.92 Å². The second-order valence-electron chi connectivity index (χ2n) is 2.38. The molecule has 6 heteroatoms. The summed E-state index contributed by atoms with van der Waals surface area (Å²) in [6.45, 7) is 1.69. The van der Waals surface area contributed by atoms with Crippen LogP contribution in [0.2, 0.25) is 0 Å². The number of oxazole rings is 1. The smallest absolute Gasteiger partial charge is 0.416 e. The van der Waals surface area contributed by atoms with Gasteiger partial charge in [-0.15, -0.1) is 0 Å². The lowest BCUT2D eigenvalue weighted by Gasteiger charge is -2.04. The lowest BCUT2D eigenvalue weighted by molar-refractivity contribution is -0.169. The first-order chi connectivity index (χ1) is 5.98. The highest BCUT2D eigenvalue weighted by atomic mass is 19.3. The number of carboxylic acids is 1. The largest absolute Gasteiger partial charge is 0.476 e. The van der Waals surface area contributed by atoms with E-state index in [0.29, 0.717) is 12.1 Å². The van der Waals surface area contributed by atoms with Gasteiger partial charge < -0.3 is 9.52 Å². The van der Waals surface area contributed by atoms with Gasteiger partial charge in [0.05, 0.1) is 5.69 Å². The van der Waals surface area contributed by atoms with Crippen LogP contribution in [0.4, 0.5) is 8.78 Å². The average Bonchev–Trinajstić information content (AvgIpc) is 2.51. The molecule has 0 spiro atoms. The first-order valence-electron chi connectivity index (χ1n) is 3.54. The third kappa shape index (κ3) is 1.66. The van der Waals surface area contributed by atoms with Crippen molar-refractivity contribution in [2.45, 2.75) is 19.3 Å². The summed E-state index contributed by atoms with van der Waals surface area (Å²) >= 11 is 0. The molecule has 0 unspecified atom stereocenters. The molecule has 72 valence electrons. The van der Waals surface area contributed by atoms with Gasteiger partial charge in [0.15, 0.2) is 0 Å². The van der Waals surface area contributed by atoms with Crippen LogP contribution in [0.3, 0.4) is 0 Å². The molecule has 0 amide bonds. The molecule has 0 radical (unpaired) electrons. The Morgan fingerprint density at radius 2 is 2.38 bits per heavy atom.